The molecule has 1 N–H and O–H groups in total. The fourth-order valence-corrected chi connectivity index (χ4v) is 4.30. The Balaban J connectivity index is 1.69. The van der Waals surface area contributed by atoms with Crippen LogP contribution in [-0.2, 0) is 9.59 Å². The second-order valence-corrected chi connectivity index (χ2v) is 8.01. The van der Waals surface area contributed by atoms with Gasteiger partial charge in [0, 0.05) is 18.3 Å². The minimum absolute atomic E-state index is 0.0187. The SMILES string of the molecule is CN1CCOc2ccc(/C(O)=C3/C(=O)C(=O)N(c4ccc(F)cc4)C3c3ccccc3)cc21. The number of benzene rings is 3. The van der Waals surface area contributed by atoms with Crippen molar-refractivity contribution in [3.63, 3.8) is 0 Å². The molecular formula is C26H21FN2O4. The number of likely N-dealkylation sites (N-methyl/N-ethyl adjacent to an activating group) is 1. The zero-order valence-corrected chi connectivity index (χ0v) is 17.9. The molecule has 3 aromatic carbocycles. The number of anilines is 2. The molecule has 1 unspecified atom stereocenters. The van der Waals surface area contributed by atoms with Crippen molar-refractivity contribution in [1.82, 2.24) is 0 Å². The zero-order valence-electron chi connectivity index (χ0n) is 17.9. The van der Waals surface area contributed by atoms with Crippen LogP contribution in [-0.4, -0.2) is 37.0 Å². The maximum absolute atomic E-state index is 13.5. The Kier molecular flexibility index (Phi) is 5.09. The first kappa shape index (κ1) is 20.8. The number of halogens is 1. The quantitative estimate of drug-likeness (QED) is 0.371. The number of aliphatic hydroxyl groups is 1. The van der Waals surface area contributed by atoms with E-state index >= 15 is 0 Å². The molecule has 33 heavy (non-hydrogen) atoms. The number of Topliss-reactive ketones (excluding diaryl/α,β-unsaturated/α-hetero) is 1. The van der Waals surface area contributed by atoms with Crippen LogP contribution in [0.1, 0.15) is 17.2 Å². The normalized spacial score (nSPS) is 19.4. The van der Waals surface area contributed by atoms with Crippen LogP contribution >= 0.6 is 0 Å². The summed E-state index contributed by atoms with van der Waals surface area (Å²) >= 11 is 0. The summed E-state index contributed by atoms with van der Waals surface area (Å²) in [4.78, 5) is 29.6. The van der Waals surface area contributed by atoms with Crippen molar-refractivity contribution in [3.8, 4) is 5.75 Å². The Morgan fingerprint density at radius 3 is 2.48 bits per heavy atom. The highest BCUT2D eigenvalue weighted by Gasteiger charge is 2.47. The van der Waals surface area contributed by atoms with Crippen LogP contribution in [0.2, 0.25) is 0 Å². The number of ether oxygens (including phenoxy) is 1. The van der Waals surface area contributed by atoms with Gasteiger partial charge in [-0.2, -0.15) is 0 Å². The van der Waals surface area contributed by atoms with Gasteiger partial charge in [0.1, 0.15) is 23.9 Å². The number of ketones is 1. The Labute approximate surface area is 190 Å². The van der Waals surface area contributed by atoms with Crippen molar-refractivity contribution in [2.24, 2.45) is 0 Å². The van der Waals surface area contributed by atoms with E-state index < -0.39 is 23.5 Å². The van der Waals surface area contributed by atoms with Gasteiger partial charge in [0.05, 0.1) is 23.8 Å². The maximum atomic E-state index is 13.5. The van der Waals surface area contributed by atoms with E-state index in [0.717, 1.165) is 5.69 Å². The lowest BCUT2D eigenvalue weighted by molar-refractivity contribution is -0.132. The summed E-state index contributed by atoms with van der Waals surface area (Å²) in [5, 5.41) is 11.3. The average Bonchev–Trinajstić information content (AvgIpc) is 3.10. The summed E-state index contributed by atoms with van der Waals surface area (Å²) in [6.45, 7) is 1.25. The molecule has 0 spiro atoms. The smallest absolute Gasteiger partial charge is 0.300 e. The van der Waals surface area contributed by atoms with Crippen LogP contribution in [0.3, 0.4) is 0 Å². The number of amides is 1. The standard InChI is InChI=1S/C26H21FN2O4/c1-28-13-14-33-21-12-7-17(15-20(21)28)24(30)22-23(16-5-3-2-4-6-16)29(26(32)25(22)31)19-10-8-18(27)9-11-19/h2-12,15,23,30H,13-14H2,1H3/b24-22-. The van der Waals surface area contributed by atoms with Crippen molar-refractivity contribution in [3.05, 3.63) is 95.3 Å². The Hall–Kier alpha value is -4.13. The van der Waals surface area contributed by atoms with Gasteiger partial charge in [-0.3, -0.25) is 14.5 Å². The Morgan fingerprint density at radius 2 is 1.76 bits per heavy atom. The lowest BCUT2D eigenvalue weighted by Crippen LogP contribution is -2.29. The van der Waals surface area contributed by atoms with E-state index in [1.807, 2.05) is 18.0 Å². The van der Waals surface area contributed by atoms with Gasteiger partial charge in [0.15, 0.2) is 0 Å². The number of hydrogen-bond acceptors (Lipinski definition) is 5. The van der Waals surface area contributed by atoms with Crippen LogP contribution in [0.15, 0.2) is 78.4 Å². The van der Waals surface area contributed by atoms with Crippen LogP contribution in [0.25, 0.3) is 5.76 Å². The van der Waals surface area contributed by atoms with E-state index in [1.165, 1.54) is 29.2 Å². The fraction of sp³-hybridized carbons (Fsp3) is 0.154. The predicted molar refractivity (Wildman–Crippen MR) is 123 cm³/mol. The Bertz CT molecular complexity index is 1270. The molecule has 1 fully saturated rings. The topological polar surface area (TPSA) is 70.1 Å². The first-order valence-corrected chi connectivity index (χ1v) is 10.6. The Morgan fingerprint density at radius 1 is 1.03 bits per heavy atom. The molecule has 1 atom stereocenters. The minimum Gasteiger partial charge on any atom is -0.507 e. The lowest BCUT2D eigenvalue weighted by atomic mass is 9.95. The summed E-state index contributed by atoms with van der Waals surface area (Å²) in [6, 6.07) is 18.6. The molecule has 0 bridgehead atoms. The summed E-state index contributed by atoms with van der Waals surface area (Å²) < 4.78 is 19.2. The average molecular weight is 444 g/mol. The van der Waals surface area contributed by atoms with Gasteiger partial charge in [-0.15, -0.1) is 0 Å². The number of rotatable bonds is 3. The molecule has 5 rings (SSSR count). The number of carbonyl (C=O) groups is 2. The second kappa shape index (κ2) is 8.09. The van der Waals surface area contributed by atoms with Crippen LogP contribution < -0.4 is 14.5 Å². The highest BCUT2D eigenvalue weighted by atomic mass is 19.1. The first-order chi connectivity index (χ1) is 16.0. The molecule has 7 heteroatoms. The van der Waals surface area contributed by atoms with Gasteiger partial charge in [-0.05, 0) is 48.0 Å². The van der Waals surface area contributed by atoms with Crippen molar-refractivity contribution < 1.29 is 23.8 Å². The van der Waals surface area contributed by atoms with Crippen LogP contribution in [0.4, 0.5) is 15.8 Å². The van der Waals surface area contributed by atoms with Gasteiger partial charge >= 0.3 is 0 Å². The van der Waals surface area contributed by atoms with E-state index in [4.69, 9.17) is 4.74 Å². The van der Waals surface area contributed by atoms with Crippen LogP contribution in [0, 0.1) is 5.82 Å². The molecule has 2 aliphatic heterocycles. The minimum atomic E-state index is -0.860. The van der Waals surface area contributed by atoms with Gasteiger partial charge in [-0.25, -0.2) is 4.39 Å². The summed E-state index contributed by atoms with van der Waals surface area (Å²) in [5.41, 5.74) is 2.19. The molecule has 1 amide bonds. The molecule has 0 aliphatic carbocycles. The number of aliphatic hydroxyl groups excluding tert-OH is 1. The molecule has 0 aromatic heterocycles. The van der Waals surface area contributed by atoms with Crippen LogP contribution in [0.5, 0.6) is 5.75 Å². The summed E-state index contributed by atoms with van der Waals surface area (Å²) in [7, 11) is 1.92. The molecule has 1 saturated heterocycles. The first-order valence-electron chi connectivity index (χ1n) is 10.6. The zero-order chi connectivity index (χ0) is 23.1. The third-order valence-corrected chi connectivity index (χ3v) is 5.99. The molecule has 2 aliphatic rings. The molecule has 0 radical (unpaired) electrons. The summed E-state index contributed by atoms with van der Waals surface area (Å²) in [6.07, 6.45) is 0. The number of nitrogens with zero attached hydrogens (tertiary/aromatic N) is 2. The number of hydrogen-bond donors (Lipinski definition) is 1. The molecule has 3 aromatic rings. The number of fused-ring (bicyclic) bond motifs is 1. The van der Waals surface area contributed by atoms with Crippen molar-refractivity contribution >= 4 is 28.8 Å². The molecule has 6 nitrogen and oxygen atoms in total. The van der Waals surface area contributed by atoms with Crippen molar-refractivity contribution in [1.29, 1.82) is 0 Å². The highest BCUT2D eigenvalue weighted by molar-refractivity contribution is 6.51. The predicted octanol–water partition coefficient (Wildman–Crippen LogP) is 4.28. The van der Waals surface area contributed by atoms with E-state index in [1.54, 1.807) is 42.5 Å². The van der Waals surface area contributed by atoms with E-state index in [-0.39, 0.29) is 11.3 Å². The molecule has 0 saturated carbocycles. The largest absolute Gasteiger partial charge is 0.507 e. The molecule has 166 valence electrons. The monoisotopic (exact) mass is 444 g/mol. The van der Waals surface area contributed by atoms with Crippen molar-refractivity contribution in [2.45, 2.75) is 6.04 Å². The van der Waals surface area contributed by atoms with Gasteiger partial charge < -0.3 is 14.7 Å². The molecular weight excluding hydrogens is 423 g/mol. The van der Waals surface area contributed by atoms with Gasteiger partial charge in [-0.1, -0.05) is 30.3 Å². The van der Waals surface area contributed by atoms with E-state index in [0.29, 0.717) is 35.7 Å². The van der Waals surface area contributed by atoms with E-state index in [9.17, 15) is 19.1 Å². The van der Waals surface area contributed by atoms with E-state index in [2.05, 4.69) is 0 Å². The third kappa shape index (κ3) is 3.51. The maximum Gasteiger partial charge on any atom is 0.300 e. The van der Waals surface area contributed by atoms with Gasteiger partial charge in [0.2, 0.25) is 0 Å². The highest BCUT2D eigenvalue weighted by Crippen LogP contribution is 2.43. The van der Waals surface area contributed by atoms with Gasteiger partial charge in [0.25, 0.3) is 11.7 Å². The second-order valence-electron chi connectivity index (χ2n) is 8.01. The third-order valence-electron chi connectivity index (χ3n) is 5.99. The summed E-state index contributed by atoms with van der Waals surface area (Å²) in [5.74, 6) is -1.62. The lowest BCUT2D eigenvalue weighted by Gasteiger charge is -2.28. The van der Waals surface area contributed by atoms with Crippen molar-refractivity contribution in [2.75, 3.05) is 30.0 Å². The number of carbonyl (C=O) groups excluding carboxylic acids is 2. The molecule has 2 heterocycles. The fourth-order valence-electron chi connectivity index (χ4n) is 4.30.